The van der Waals surface area contributed by atoms with Gasteiger partial charge in [-0.15, -0.1) is 12.4 Å². The summed E-state index contributed by atoms with van der Waals surface area (Å²) in [6.45, 7) is 2.78. The molecule has 1 atom stereocenters. The van der Waals surface area contributed by atoms with E-state index in [2.05, 4.69) is 6.92 Å². The van der Waals surface area contributed by atoms with E-state index in [9.17, 15) is 0 Å². The number of hydrogen-bond acceptors (Lipinski definition) is 1. The fraction of sp³-hybridized carbons (Fsp3) is 0.333. The van der Waals surface area contributed by atoms with Gasteiger partial charge in [0.05, 0.1) is 0 Å². The van der Waals surface area contributed by atoms with Crippen LogP contribution >= 0.6 is 24.0 Å². The molecule has 0 fully saturated rings. The Bertz CT molecular complexity index is 220. The smallest absolute Gasteiger partial charge is 0.0406 e. The van der Waals surface area contributed by atoms with Crippen LogP contribution in [-0.2, 0) is 0 Å². The maximum Gasteiger partial charge on any atom is 0.0406 e. The van der Waals surface area contributed by atoms with Crippen molar-refractivity contribution < 1.29 is 0 Å². The maximum atomic E-state index is 5.73. The SMILES string of the molecule is CC(CN)c1ccc(Cl)cc1.Cl. The van der Waals surface area contributed by atoms with Gasteiger partial charge in [0, 0.05) is 5.02 Å². The molecule has 2 N–H and O–H groups in total. The number of nitrogens with two attached hydrogens (primary N) is 1. The zero-order chi connectivity index (χ0) is 8.27. The molecule has 0 saturated carbocycles. The van der Waals surface area contributed by atoms with Gasteiger partial charge in [0.15, 0.2) is 0 Å². The molecule has 0 heterocycles. The van der Waals surface area contributed by atoms with Crippen molar-refractivity contribution in [3.63, 3.8) is 0 Å². The highest BCUT2D eigenvalue weighted by molar-refractivity contribution is 6.30. The monoisotopic (exact) mass is 205 g/mol. The third-order valence-electron chi connectivity index (χ3n) is 1.79. The Labute approximate surface area is 84.3 Å². The topological polar surface area (TPSA) is 26.0 Å². The fourth-order valence-electron chi connectivity index (χ4n) is 0.927. The van der Waals surface area contributed by atoms with E-state index in [1.807, 2.05) is 24.3 Å². The lowest BCUT2D eigenvalue weighted by Gasteiger charge is -2.07. The Morgan fingerprint density at radius 1 is 1.33 bits per heavy atom. The predicted molar refractivity (Wildman–Crippen MR) is 56.2 cm³/mol. The summed E-state index contributed by atoms with van der Waals surface area (Å²) in [6, 6.07) is 7.81. The van der Waals surface area contributed by atoms with Gasteiger partial charge in [-0.25, -0.2) is 0 Å². The summed E-state index contributed by atoms with van der Waals surface area (Å²) >= 11 is 5.73. The van der Waals surface area contributed by atoms with Gasteiger partial charge in [0.1, 0.15) is 0 Å². The van der Waals surface area contributed by atoms with E-state index < -0.39 is 0 Å². The summed E-state index contributed by atoms with van der Waals surface area (Å²) < 4.78 is 0. The van der Waals surface area contributed by atoms with Gasteiger partial charge >= 0.3 is 0 Å². The van der Waals surface area contributed by atoms with E-state index in [1.54, 1.807) is 0 Å². The van der Waals surface area contributed by atoms with Crippen LogP contribution in [0.15, 0.2) is 24.3 Å². The molecule has 0 radical (unpaired) electrons. The summed E-state index contributed by atoms with van der Waals surface area (Å²) in [6.07, 6.45) is 0. The molecule has 0 spiro atoms. The molecule has 1 aromatic rings. The Morgan fingerprint density at radius 2 is 1.83 bits per heavy atom. The summed E-state index contributed by atoms with van der Waals surface area (Å²) in [7, 11) is 0. The fourth-order valence-corrected chi connectivity index (χ4v) is 1.05. The van der Waals surface area contributed by atoms with E-state index >= 15 is 0 Å². The van der Waals surface area contributed by atoms with E-state index in [0.29, 0.717) is 12.5 Å². The zero-order valence-corrected chi connectivity index (χ0v) is 8.53. The molecule has 0 aliphatic rings. The van der Waals surface area contributed by atoms with Crippen LogP contribution in [0, 0.1) is 0 Å². The Balaban J connectivity index is 0.00000121. The van der Waals surface area contributed by atoms with E-state index in [1.165, 1.54) is 5.56 Å². The molecule has 0 aromatic heterocycles. The third kappa shape index (κ3) is 3.02. The molecular weight excluding hydrogens is 193 g/mol. The van der Waals surface area contributed by atoms with Crippen molar-refractivity contribution in [3.8, 4) is 0 Å². The van der Waals surface area contributed by atoms with Crippen molar-refractivity contribution in [1.82, 2.24) is 0 Å². The van der Waals surface area contributed by atoms with Gasteiger partial charge in [0.25, 0.3) is 0 Å². The molecule has 3 heteroatoms. The van der Waals surface area contributed by atoms with Crippen LogP contribution in [0.3, 0.4) is 0 Å². The van der Waals surface area contributed by atoms with E-state index in [0.717, 1.165) is 5.02 Å². The second kappa shape index (κ2) is 5.41. The lowest BCUT2D eigenvalue weighted by atomic mass is 10.0. The number of halogens is 2. The zero-order valence-electron chi connectivity index (χ0n) is 6.96. The van der Waals surface area contributed by atoms with Crippen molar-refractivity contribution >= 4 is 24.0 Å². The molecule has 0 amide bonds. The average Bonchev–Trinajstić information content (AvgIpc) is 2.05. The second-order valence-electron chi connectivity index (χ2n) is 2.69. The van der Waals surface area contributed by atoms with Gasteiger partial charge in [-0.05, 0) is 30.2 Å². The Morgan fingerprint density at radius 3 is 2.25 bits per heavy atom. The Hall–Kier alpha value is -0.240. The first-order valence-electron chi connectivity index (χ1n) is 3.69. The molecular formula is C9H13Cl2N. The van der Waals surface area contributed by atoms with Gasteiger partial charge in [0.2, 0.25) is 0 Å². The van der Waals surface area contributed by atoms with Crippen molar-refractivity contribution in [2.75, 3.05) is 6.54 Å². The van der Waals surface area contributed by atoms with Crippen molar-refractivity contribution in [1.29, 1.82) is 0 Å². The van der Waals surface area contributed by atoms with Gasteiger partial charge in [-0.1, -0.05) is 30.7 Å². The molecule has 0 aliphatic carbocycles. The van der Waals surface area contributed by atoms with Crippen LogP contribution in [0.1, 0.15) is 18.4 Å². The molecule has 1 aromatic carbocycles. The second-order valence-corrected chi connectivity index (χ2v) is 3.12. The van der Waals surface area contributed by atoms with Gasteiger partial charge < -0.3 is 5.73 Å². The van der Waals surface area contributed by atoms with Gasteiger partial charge in [-0.2, -0.15) is 0 Å². The minimum atomic E-state index is 0. The first-order chi connectivity index (χ1) is 5.24. The standard InChI is InChI=1S/C9H12ClN.ClH/c1-7(6-11)8-2-4-9(10)5-3-8;/h2-5,7H,6,11H2,1H3;1H. The summed E-state index contributed by atoms with van der Waals surface area (Å²) in [5.74, 6) is 0.423. The molecule has 1 rings (SSSR count). The molecule has 1 unspecified atom stereocenters. The molecule has 0 aliphatic heterocycles. The highest BCUT2D eigenvalue weighted by Gasteiger charge is 2.00. The largest absolute Gasteiger partial charge is 0.330 e. The van der Waals surface area contributed by atoms with Crippen LogP contribution in [0.5, 0.6) is 0 Å². The van der Waals surface area contributed by atoms with E-state index in [4.69, 9.17) is 17.3 Å². The van der Waals surface area contributed by atoms with Crippen LogP contribution in [0.4, 0.5) is 0 Å². The predicted octanol–water partition coefficient (Wildman–Crippen LogP) is 2.82. The highest BCUT2D eigenvalue weighted by Crippen LogP contribution is 2.16. The van der Waals surface area contributed by atoms with Crippen molar-refractivity contribution in [2.24, 2.45) is 5.73 Å². The van der Waals surface area contributed by atoms with Crippen LogP contribution in [0.2, 0.25) is 5.02 Å². The van der Waals surface area contributed by atoms with Crippen LogP contribution < -0.4 is 5.73 Å². The van der Waals surface area contributed by atoms with Crippen molar-refractivity contribution in [3.05, 3.63) is 34.9 Å². The first kappa shape index (κ1) is 11.8. The minimum Gasteiger partial charge on any atom is -0.330 e. The molecule has 68 valence electrons. The quantitative estimate of drug-likeness (QED) is 0.790. The van der Waals surface area contributed by atoms with Crippen molar-refractivity contribution in [2.45, 2.75) is 12.8 Å². The highest BCUT2D eigenvalue weighted by atomic mass is 35.5. The minimum absolute atomic E-state index is 0. The van der Waals surface area contributed by atoms with Gasteiger partial charge in [-0.3, -0.25) is 0 Å². The number of hydrogen-bond donors (Lipinski definition) is 1. The Kier molecular flexibility index (Phi) is 5.31. The van der Waals surface area contributed by atoms with E-state index in [-0.39, 0.29) is 12.4 Å². The maximum absolute atomic E-state index is 5.73. The first-order valence-corrected chi connectivity index (χ1v) is 4.07. The molecule has 0 saturated heterocycles. The summed E-state index contributed by atoms with van der Waals surface area (Å²) in [5.41, 5.74) is 6.76. The number of benzene rings is 1. The molecule has 1 nitrogen and oxygen atoms in total. The lowest BCUT2D eigenvalue weighted by Crippen LogP contribution is -2.08. The average molecular weight is 206 g/mol. The van der Waals surface area contributed by atoms with Crippen LogP contribution in [0.25, 0.3) is 0 Å². The van der Waals surface area contributed by atoms with Crippen LogP contribution in [-0.4, -0.2) is 6.54 Å². The summed E-state index contributed by atoms with van der Waals surface area (Å²) in [4.78, 5) is 0. The number of rotatable bonds is 2. The lowest BCUT2D eigenvalue weighted by molar-refractivity contribution is 0.774. The third-order valence-corrected chi connectivity index (χ3v) is 2.04. The molecule has 12 heavy (non-hydrogen) atoms. The molecule has 0 bridgehead atoms. The summed E-state index contributed by atoms with van der Waals surface area (Å²) in [5, 5.41) is 0.776. The normalized spacial score (nSPS) is 11.9.